The molecule has 0 radical (unpaired) electrons. The molecule has 1 unspecified atom stereocenters. The van der Waals surface area contributed by atoms with Gasteiger partial charge in [-0.1, -0.05) is 61.0 Å². The molecular weight excluding hydrogens is 484 g/mol. The number of imidazole rings is 1. The highest BCUT2D eigenvalue weighted by Gasteiger charge is 2.27. The van der Waals surface area contributed by atoms with E-state index in [1.165, 1.54) is 10.8 Å². The van der Waals surface area contributed by atoms with Gasteiger partial charge in [0.1, 0.15) is 5.82 Å². The molecule has 9 heteroatoms. The number of nitrogens with one attached hydrogen (secondary N) is 2. The highest BCUT2D eigenvalue weighted by Crippen LogP contribution is 2.31. The van der Waals surface area contributed by atoms with Crippen LogP contribution < -0.4 is 11.1 Å². The summed E-state index contributed by atoms with van der Waals surface area (Å²) in [6.07, 6.45) is 6.71. The van der Waals surface area contributed by atoms with Gasteiger partial charge in [0, 0.05) is 30.8 Å². The maximum atomic E-state index is 13.1. The van der Waals surface area contributed by atoms with Crippen LogP contribution in [0.3, 0.4) is 0 Å². The van der Waals surface area contributed by atoms with Crippen molar-refractivity contribution in [3.8, 4) is 11.3 Å². The van der Waals surface area contributed by atoms with Crippen LogP contribution >= 0.6 is 11.8 Å². The molecular formula is C28H32N6O2S. The maximum Gasteiger partial charge on any atom is 0.226 e. The SMILES string of the molecule is NC(=O)CCCCCC(NC(=O)CC1=CSC2=NCCCN12)c1ncc(-c2ccc3ccccc3c2)[nH]1. The second-order valence-corrected chi connectivity index (χ2v) is 10.3. The molecule has 37 heavy (non-hydrogen) atoms. The number of hydrogen-bond donors (Lipinski definition) is 3. The molecule has 2 amide bonds. The topological polar surface area (TPSA) is 116 Å². The normalized spacial score (nSPS) is 15.7. The Morgan fingerprint density at radius 1 is 1.14 bits per heavy atom. The first-order valence-corrected chi connectivity index (χ1v) is 13.7. The Balaban J connectivity index is 1.28. The number of thioether (sulfide) groups is 1. The van der Waals surface area contributed by atoms with E-state index in [0.717, 1.165) is 73.1 Å². The van der Waals surface area contributed by atoms with E-state index in [0.29, 0.717) is 12.8 Å². The van der Waals surface area contributed by atoms with E-state index in [2.05, 4.69) is 55.5 Å². The lowest BCUT2D eigenvalue weighted by Gasteiger charge is -2.25. The van der Waals surface area contributed by atoms with E-state index in [1.807, 2.05) is 23.7 Å². The number of rotatable bonds is 11. The predicted molar refractivity (Wildman–Crippen MR) is 149 cm³/mol. The fourth-order valence-electron chi connectivity index (χ4n) is 4.80. The Morgan fingerprint density at radius 3 is 2.86 bits per heavy atom. The number of hydrogen-bond acceptors (Lipinski definition) is 6. The number of carbonyl (C=O) groups excluding carboxylic acids is 2. The van der Waals surface area contributed by atoms with E-state index in [1.54, 1.807) is 11.8 Å². The number of fused-ring (bicyclic) bond motifs is 2. The Morgan fingerprint density at radius 2 is 2.00 bits per heavy atom. The summed E-state index contributed by atoms with van der Waals surface area (Å²) in [7, 11) is 0. The largest absolute Gasteiger partial charge is 0.370 e. The highest BCUT2D eigenvalue weighted by molar-refractivity contribution is 8.16. The van der Waals surface area contributed by atoms with Crippen LogP contribution in [0.5, 0.6) is 0 Å². The number of nitrogens with zero attached hydrogens (tertiary/aromatic N) is 3. The molecule has 0 saturated heterocycles. The van der Waals surface area contributed by atoms with Gasteiger partial charge < -0.3 is 20.9 Å². The monoisotopic (exact) mass is 516 g/mol. The minimum Gasteiger partial charge on any atom is -0.370 e. The molecule has 2 aliphatic rings. The summed E-state index contributed by atoms with van der Waals surface area (Å²) in [6.45, 7) is 1.75. The number of primary amides is 1. The number of aromatic amines is 1. The van der Waals surface area contributed by atoms with Crippen molar-refractivity contribution in [1.82, 2.24) is 20.2 Å². The van der Waals surface area contributed by atoms with Crippen LogP contribution in [0.4, 0.5) is 0 Å². The number of amides is 2. The zero-order valence-electron chi connectivity index (χ0n) is 20.8. The van der Waals surface area contributed by atoms with Crippen LogP contribution in [-0.2, 0) is 9.59 Å². The van der Waals surface area contributed by atoms with Gasteiger partial charge in [-0.2, -0.15) is 0 Å². The first-order chi connectivity index (χ1) is 18.1. The van der Waals surface area contributed by atoms with Crippen LogP contribution in [-0.4, -0.2) is 44.9 Å². The molecule has 5 rings (SSSR count). The zero-order valence-corrected chi connectivity index (χ0v) is 21.6. The number of H-pyrrole nitrogens is 1. The second kappa shape index (κ2) is 11.6. The van der Waals surface area contributed by atoms with Crippen molar-refractivity contribution in [1.29, 1.82) is 0 Å². The van der Waals surface area contributed by atoms with Crippen molar-refractivity contribution >= 4 is 39.5 Å². The van der Waals surface area contributed by atoms with E-state index in [9.17, 15) is 9.59 Å². The standard InChI is InChI=1S/C28H32N6O2S/c29-25(35)10-3-1-2-9-23(32-26(36)16-22-18-37-28-30-13-6-14-34(22)28)27-31-17-24(33-27)21-12-11-19-7-4-5-8-20(19)15-21/h4-5,7-8,11-12,15,17-18,23H,1-3,6,9-10,13-14,16H2,(H2,29,35)(H,31,33)(H,32,36). The fourth-order valence-corrected chi connectivity index (χ4v) is 5.76. The van der Waals surface area contributed by atoms with E-state index >= 15 is 0 Å². The number of nitrogens with two attached hydrogens (primary N) is 1. The molecule has 3 aromatic rings. The van der Waals surface area contributed by atoms with Crippen LogP contribution in [0.25, 0.3) is 22.0 Å². The van der Waals surface area contributed by atoms with Gasteiger partial charge in [-0.05, 0) is 41.5 Å². The van der Waals surface area contributed by atoms with Gasteiger partial charge in [-0.15, -0.1) is 0 Å². The average Bonchev–Trinajstić information content (AvgIpc) is 3.55. The molecule has 0 saturated carbocycles. The maximum absolute atomic E-state index is 13.1. The van der Waals surface area contributed by atoms with Crippen molar-refractivity contribution in [2.75, 3.05) is 13.1 Å². The highest BCUT2D eigenvalue weighted by atomic mass is 32.2. The van der Waals surface area contributed by atoms with Crippen molar-refractivity contribution in [2.24, 2.45) is 10.7 Å². The minimum atomic E-state index is -0.278. The van der Waals surface area contributed by atoms with Gasteiger partial charge >= 0.3 is 0 Å². The van der Waals surface area contributed by atoms with Gasteiger partial charge in [0.25, 0.3) is 0 Å². The van der Waals surface area contributed by atoms with Crippen molar-refractivity contribution in [3.05, 3.63) is 65.6 Å². The molecule has 4 N–H and O–H groups in total. The summed E-state index contributed by atoms with van der Waals surface area (Å²) in [6, 6.07) is 14.3. The van der Waals surface area contributed by atoms with Gasteiger partial charge in [-0.25, -0.2) is 4.98 Å². The predicted octanol–water partition coefficient (Wildman–Crippen LogP) is 4.86. The first kappa shape index (κ1) is 25.1. The molecule has 192 valence electrons. The summed E-state index contributed by atoms with van der Waals surface area (Å²) in [5, 5.41) is 8.59. The van der Waals surface area contributed by atoms with Crippen LogP contribution in [0, 0.1) is 0 Å². The zero-order chi connectivity index (χ0) is 25.6. The van der Waals surface area contributed by atoms with Gasteiger partial charge in [0.15, 0.2) is 5.17 Å². The van der Waals surface area contributed by atoms with Gasteiger partial charge in [-0.3, -0.25) is 14.6 Å². The molecule has 0 bridgehead atoms. The quantitative estimate of drug-likeness (QED) is 0.315. The molecule has 2 aromatic carbocycles. The molecule has 1 atom stereocenters. The van der Waals surface area contributed by atoms with Crippen molar-refractivity contribution < 1.29 is 9.59 Å². The number of aliphatic imine (C=N–C) groups is 1. The number of aromatic nitrogens is 2. The summed E-state index contributed by atoms with van der Waals surface area (Å²) >= 11 is 1.59. The van der Waals surface area contributed by atoms with E-state index in [-0.39, 0.29) is 17.9 Å². The molecule has 8 nitrogen and oxygen atoms in total. The lowest BCUT2D eigenvalue weighted by Crippen LogP contribution is -2.34. The average molecular weight is 517 g/mol. The molecule has 0 aliphatic carbocycles. The number of unbranched alkanes of at least 4 members (excludes halogenated alkanes) is 2. The summed E-state index contributed by atoms with van der Waals surface area (Å²) in [5.74, 6) is 0.421. The smallest absolute Gasteiger partial charge is 0.226 e. The van der Waals surface area contributed by atoms with Crippen LogP contribution in [0.1, 0.15) is 56.8 Å². The Bertz CT molecular complexity index is 1350. The summed E-state index contributed by atoms with van der Waals surface area (Å²) < 4.78 is 0. The summed E-state index contributed by atoms with van der Waals surface area (Å²) in [4.78, 5) is 39.0. The minimum absolute atomic E-state index is 0.0375. The fraction of sp³-hybridized carbons (Fsp3) is 0.357. The van der Waals surface area contributed by atoms with Gasteiger partial charge in [0.2, 0.25) is 11.8 Å². The third kappa shape index (κ3) is 6.22. The third-order valence-corrected chi connectivity index (χ3v) is 7.69. The van der Waals surface area contributed by atoms with E-state index in [4.69, 9.17) is 5.73 Å². The lowest BCUT2D eigenvalue weighted by molar-refractivity contribution is -0.121. The van der Waals surface area contributed by atoms with Gasteiger partial charge in [0.05, 0.1) is 24.4 Å². The van der Waals surface area contributed by atoms with Crippen molar-refractivity contribution in [3.63, 3.8) is 0 Å². The molecule has 1 aromatic heterocycles. The Hall–Kier alpha value is -3.59. The van der Waals surface area contributed by atoms with Crippen LogP contribution in [0.2, 0.25) is 0 Å². The number of carbonyl (C=O) groups is 2. The molecule has 0 spiro atoms. The third-order valence-electron chi connectivity index (χ3n) is 6.74. The molecule has 0 fully saturated rings. The Kier molecular flexibility index (Phi) is 7.89. The number of amidine groups is 1. The molecule has 3 heterocycles. The summed E-state index contributed by atoms with van der Waals surface area (Å²) in [5.41, 5.74) is 8.24. The second-order valence-electron chi connectivity index (χ2n) is 9.50. The lowest BCUT2D eigenvalue weighted by atomic mass is 10.1. The van der Waals surface area contributed by atoms with Crippen molar-refractivity contribution in [2.45, 2.75) is 51.0 Å². The molecule has 2 aliphatic heterocycles. The number of benzene rings is 2. The Labute approximate surface area is 220 Å². The van der Waals surface area contributed by atoms with E-state index < -0.39 is 0 Å². The van der Waals surface area contributed by atoms with Crippen LogP contribution in [0.15, 0.2) is 64.8 Å². The first-order valence-electron chi connectivity index (χ1n) is 12.9.